The summed E-state index contributed by atoms with van der Waals surface area (Å²) in [5.41, 5.74) is -2.16. The molecule has 0 amide bonds. The van der Waals surface area contributed by atoms with Crippen molar-refractivity contribution in [2.45, 2.75) is 6.18 Å². The van der Waals surface area contributed by atoms with Crippen LogP contribution >= 0.6 is 0 Å². The first-order valence-electron chi connectivity index (χ1n) is 7.44. The molecule has 0 atom stereocenters. The fourth-order valence-corrected chi connectivity index (χ4v) is 2.25. The largest absolute Gasteiger partial charge is 0.457 e. The number of alkyl halides is 3. The lowest BCUT2D eigenvalue weighted by molar-refractivity contribution is -0.384. The Bertz CT molecular complexity index is 1080. The third kappa shape index (κ3) is 4.29. The summed E-state index contributed by atoms with van der Waals surface area (Å²) in [6.45, 7) is 0. The first-order chi connectivity index (χ1) is 12.7. The van der Waals surface area contributed by atoms with E-state index in [1.807, 2.05) is 0 Å². The number of aromatic nitrogens is 2. The van der Waals surface area contributed by atoms with Crippen molar-refractivity contribution in [1.29, 1.82) is 0 Å². The van der Waals surface area contributed by atoms with Gasteiger partial charge in [0.15, 0.2) is 0 Å². The number of non-ortho nitro benzene ring substituents is 1. The minimum Gasteiger partial charge on any atom is -0.457 e. The Labute approximate surface area is 148 Å². The van der Waals surface area contributed by atoms with Crippen LogP contribution in [0.3, 0.4) is 0 Å². The summed E-state index contributed by atoms with van der Waals surface area (Å²) in [7, 11) is 0. The van der Waals surface area contributed by atoms with Crippen LogP contribution in [-0.2, 0) is 6.18 Å². The van der Waals surface area contributed by atoms with Gasteiger partial charge in [-0.15, -0.1) is 0 Å². The molecule has 2 aromatic heterocycles. The van der Waals surface area contributed by atoms with Crippen LogP contribution < -0.4 is 5.69 Å². The van der Waals surface area contributed by atoms with Crippen molar-refractivity contribution >= 4 is 17.8 Å². The molecule has 1 aromatic carbocycles. The van der Waals surface area contributed by atoms with Crippen LogP contribution in [0.15, 0.2) is 51.7 Å². The van der Waals surface area contributed by atoms with Gasteiger partial charge >= 0.3 is 11.9 Å². The molecule has 0 aliphatic rings. The van der Waals surface area contributed by atoms with Crippen LogP contribution in [-0.4, -0.2) is 14.9 Å². The highest BCUT2D eigenvalue weighted by Crippen LogP contribution is 2.28. The summed E-state index contributed by atoms with van der Waals surface area (Å²) >= 11 is 0. The summed E-state index contributed by atoms with van der Waals surface area (Å²) in [6.07, 6.45) is -2.17. The van der Waals surface area contributed by atoms with Gasteiger partial charge < -0.3 is 9.40 Å². The summed E-state index contributed by atoms with van der Waals surface area (Å²) in [6, 6.07) is 9.58. The Kier molecular flexibility index (Phi) is 4.63. The molecule has 138 valence electrons. The van der Waals surface area contributed by atoms with Crippen molar-refractivity contribution in [1.82, 2.24) is 9.97 Å². The van der Waals surface area contributed by atoms with Crippen molar-refractivity contribution in [2.75, 3.05) is 0 Å². The Morgan fingerprint density at radius 2 is 1.93 bits per heavy atom. The van der Waals surface area contributed by atoms with Crippen LogP contribution in [0.5, 0.6) is 0 Å². The number of nitrogens with one attached hydrogen (secondary N) is 1. The number of furan rings is 1. The van der Waals surface area contributed by atoms with E-state index in [1.54, 1.807) is 17.1 Å². The number of nitro benzene ring substituents is 1. The van der Waals surface area contributed by atoms with Crippen molar-refractivity contribution in [3.63, 3.8) is 0 Å². The molecule has 3 aromatic rings. The van der Waals surface area contributed by atoms with E-state index in [0.29, 0.717) is 17.4 Å². The van der Waals surface area contributed by atoms with Crippen molar-refractivity contribution < 1.29 is 22.5 Å². The topological polar surface area (TPSA) is 102 Å². The first kappa shape index (κ1) is 18.1. The SMILES string of the molecule is O=c1nc(/C=C/c2ccc(-c3cccc([N+](=O)[O-])c3)o2)cc(C(F)(F)F)[nH]1. The molecule has 0 fully saturated rings. The lowest BCUT2D eigenvalue weighted by atomic mass is 10.1. The Morgan fingerprint density at radius 3 is 2.63 bits per heavy atom. The van der Waals surface area contributed by atoms with Crippen molar-refractivity contribution in [3.8, 4) is 11.3 Å². The van der Waals surface area contributed by atoms with E-state index >= 15 is 0 Å². The van der Waals surface area contributed by atoms with E-state index in [4.69, 9.17) is 4.42 Å². The Balaban J connectivity index is 1.86. The zero-order valence-electron chi connectivity index (χ0n) is 13.4. The highest BCUT2D eigenvalue weighted by atomic mass is 19.4. The highest BCUT2D eigenvalue weighted by Gasteiger charge is 2.32. The maximum Gasteiger partial charge on any atom is 0.431 e. The van der Waals surface area contributed by atoms with E-state index < -0.39 is 22.5 Å². The molecular formula is C17H10F3N3O4. The van der Waals surface area contributed by atoms with Gasteiger partial charge in [-0.25, -0.2) is 4.79 Å². The second kappa shape index (κ2) is 6.90. The molecule has 1 N–H and O–H groups in total. The second-order valence-electron chi connectivity index (χ2n) is 5.37. The minimum absolute atomic E-state index is 0.103. The van der Waals surface area contributed by atoms with Crippen LogP contribution in [0.4, 0.5) is 18.9 Å². The zero-order valence-corrected chi connectivity index (χ0v) is 13.4. The van der Waals surface area contributed by atoms with E-state index in [2.05, 4.69) is 4.98 Å². The van der Waals surface area contributed by atoms with Gasteiger partial charge in [0.05, 0.1) is 10.6 Å². The predicted molar refractivity (Wildman–Crippen MR) is 89.6 cm³/mol. The van der Waals surface area contributed by atoms with Crippen molar-refractivity contribution in [3.05, 3.63) is 80.2 Å². The van der Waals surface area contributed by atoms with E-state index in [0.717, 1.165) is 0 Å². The average molecular weight is 377 g/mol. The molecule has 7 nitrogen and oxygen atoms in total. The van der Waals surface area contributed by atoms with Crippen molar-refractivity contribution in [2.24, 2.45) is 0 Å². The number of hydrogen-bond donors (Lipinski definition) is 1. The fourth-order valence-electron chi connectivity index (χ4n) is 2.25. The van der Waals surface area contributed by atoms with E-state index in [-0.39, 0.29) is 17.1 Å². The molecule has 27 heavy (non-hydrogen) atoms. The third-order valence-electron chi connectivity index (χ3n) is 3.46. The van der Waals surface area contributed by atoms with Gasteiger partial charge in [-0.2, -0.15) is 18.2 Å². The molecule has 10 heteroatoms. The third-order valence-corrected chi connectivity index (χ3v) is 3.46. The van der Waals surface area contributed by atoms with Gasteiger partial charge in [0.2, 0.25) is 0 Å². The molecule has 0 aliphatic heterocycles. The Hall–Kier alpha value is -3.69. The van der Waals surface area contributed by atoms with Gasteiger partial charge in [-0.1, -0.05) is 12.1 Å². The second-order valence-corrected chi connectivity index (χ2v) is 5.37. The summed E-state index contributed by atoms with van der Waals surface area (Å²) in [4.78, 5) is 26.6. The number of H-pyrrole nitrogens is 1. The highest BCUT2D eigenvalue weighted by molar-refractivity contribution is 5.68. The normalized spacial score (nSPS) is 11.8. The average Bonchev–Trinajstić information content (AvgIpc) is 3.08. The molecule has 0 saturated heterocycles. The molecule has 3 rings (SSSR count). The maximum absolute atomic E-state index is 12.7. The number of rotatable bonds is 4. The zero-order chi connectivity index (χ0) is 19.6. The van der Waals surface area contributed by atoms with Crippen LogP contribution in [0.2, 0.25) is 0 Å². The smallest absolute Gasteiger partial charge is 0.431 e. The maximum atomic E-state index is 12.7. The number of halogens is 3. The lowest BCUT2D eigenvalue weighted by Crippen LogP contribution is -2.19. The summed E-state index contributed by atoms with van der Waals surface area (Å²) < 4.78 is 43.6. The van der Waals surface area contributed by atoms with Gasteiger partial charge in [0.1, 0.15) is 17.2 Å². The quantitative estimate of drug-likeness (QED) is 0.544. The fraction of sp³-hybridized carbons (Fsp3) is 0.0588. The molecule has 0 aliphatic carbocycles. The molecule has 0 bridgehead atoms. The number of hydrogen-bond acceptors (Lipinski definition) is 5. The predicted octanol–water partition coefficient (Wildman–Crippen LogP) is 4.13. The number of nitrogens with zero attached hydrogens (tertiary/aromatic N) is 2. The van der Waals surface area contributed by atoms with Crippen LogP contribution in [0, 0.1) is 10.1 Å². The standard InChI is InChI=1S/C17H10F3N3O4/c18-17(19,20)15-9-11(21-16(24)22-15)4-5-13-6-7-14(27-13)10-2-1-3-12(8-10)23(25)26/h1-9H,(H,21,22,24)/b5-4+. The minimum atomic E-state index is -4.70. The molecular weight excluding hydrogens is 367 g/mol. The van der Waals surface area contributed by atoms with Gasteiger partial charge in [0.25, 0.3) is 5.69 Å². The lowest BCUT2D eigenvalue weighted by Gasteiger charge is -2.05. The first-order valence-corrected chi connectivity index (χ1v) is 7.44. The van der Waals surface area contributed by atoms with Gasteiger partial charge in [0, 0.05) is 17.7 Å². The summed E-state index contributed by atoms with van der Waals surface area (Å²) in [5, 5.41) is 10.8. The molecule has 2 heterocycles. The molecule has 0 unspecified atom stereocenters. The van der Waals surface area contributed by atoms with E-state index in [9.17, 15) is 28.1 Å². The van der Waals surface area contributed by atoms with Gasteiger partial charge in [-0.3, -0.25) is 10.1 Å². The molecule has 0 radical (unpaired) electrons. The van der Waals surface area contributed by atoms with Gasteiger partial charge in [-0.05, 0) is 30.4 Å². The summed E-state index contributed by atoms with van der Waals surface area (Å²) in [5.74, 6) is 0.611. The van der Waals surface area contributed by atoms with Crippen LogP contribution in [0.1, 0.15) is 17.1 Å². The van der Waals surface area contributed by atoms with E-state index in [1.165, 1.54) is 36.4 Å². The monoisotopic (exact) mass is 377 g/mol. The Morgan fingerprint density at radius 1 is 1.15 bits per heavy atom. The van der Waals surface area contributed by atoms with Crippen LogP contribution in [0.25, 0.3) is 23.5 Å². The number of aromatic amines is 1. The number of nitro groups is 1. The molecule has 0 saturated carbocycles. The number of benzene rings is 1. The molecule has 0 spiro atoms.